The van der Waals surface area contributed by atoms with Crippen LogP contribution in [0, 0.1) is 0 Å². The normalized spacial score (nSPS) is 12.1. The van der Waals surface area contributed by atoms with Gasteiger partial charge in [0.1, 0.15) is 5.75 Å². The number of halogens is 1. The Balaban J connectivity index is 2.52. The predicted octanol–water partition coefficient (Wildman–Crippen LogP) is 2.61. The Labute approximate surface area is 119 Å². The van der Waals surface area contributed by atoms with E-state index in [0.29, 0.717) is 24.5 Å². The maximum Gasteiger partial charge on any atom is 0.222 e. The van der Waals surface area contributed by atoms with Gasteiger partial charge in [-0.25, -0.2) is 0 Å². The van der Waals surface area contributed by atoms with Crippen molar-refractivity contribution in [2.45, 2.75) is 25.8 Å². The highest BCUT2D eigenvalue weighted by molar-refractivity contribution is 6.30. The third-order valence-corrected chi connectivity index (χ3v) is 2.99. The van der Waals surface area contributed by atoms with Gasteiger partial charge in [-0.2, -0.15) is 0 Å². The zero-order valence-electron chi connectivity index (χ0n) is 11.6. The number of benzene rings is 1. The molecule has 0 radical (unpaired) electrons. The highest BCUT2D eigenvalue weighted by Gasteiger charge is 2.09. The third kappa shape index (κ3) is 5.09. The maximum atomic E-state index is 11.4. The lowest BCUT2D eigenvalue weighted by atomic mass is 10.1. The summed E-state index contributed by atoms with van der Waals surface area (Å²) in [5.41, 5.74) is 6.76. The second kappa shape index (κ2) is 7.36. The van der Waals surface area contributed by atoms with E-state index >= 15 is 0 Å². The minimum absolute atomic E-state index is 0.104. The summed E-state index contributed by atoms with van der Waals surface area (Å²) in [5.74, 6) is 0.837. The van der Waals surface area contributed by atoms with Gasteiger partial charge in [-0.05, 0) is 31.5 Å². The number of hydrogen-bond acceptors (Lipinski definition) is 3. The molecule has 1 rings (SSSR count). The van der Waals surface area contributed by atoms with Gasteiger partial charge < -0.3 is 15.4 Å². The summed E-state index contributed by atoms with van der Waals surface area (Å²) in [6.45, 7) is 2.37. The van der Waals surface area contributed by atoms with Crippen LogP contribution in [0.15, 0.2) is 18.2 Å². The summed E-state index contributed by atoms with van der Waals surface area (Å²) in [7, 11) is 3.49. The Kier molecular flexibility index (Phi) is 6.12. The van der Waals surface area contributed by atoms with E-state index in [1.807, 2.05) is 19.1 Å². The Morgan fingerprint density at radius 2 is 2.16 bits per heavy atom. The summed E-state index contributed by atoms with van der Waals surface area (Å²) >= 11 is 5.94. The molecule has 0 saturated carbocycles. The molecule has 1 aromatic carbocycles. The van der Waals surface area contributed by atoms with Gasteiger partial charge in [-0.1, -0.05) is 11.6 Å². The Hall–Kier alpha value is -1.26. The lowest BCUT2D eigenvalue weighted by Gasteiger charge is -2.15. The van der Waals surface area contributed by atoms with Crippen LogP contribution in [0.2, 0.25) is 5.02 Å². The fourth-order valence-electron chi connectivity index (χ4n) is 1.64. The van der Waals surface area contributed by atoms with E-state index in [1.54, 1.807) is 25.1 Å². The van der Waals surface area contributed by atoms with Gasteiger partial charge in [0.15, 0.2) is 0 Å². The lowest BCUT2D eigenvalue weighted by molar-refractivity contribution is -0.128. The molecule has 19 heavy (non-hydrogen) atoms. The highest BCUT2D eigenvalue weighted by Crippen LogP contribution is 2.27. The van der Waals surface area contributed by atoms with Gasteiger partial charge >= 0.3 is 0 Å². The number of hydrogen-bond donors (Lipinski definition) is 1. The molecule has 106 valence electrons. The molecule has 1 aromatic rings. The van der Waals surface area contributed by atoms with Gasteiger partial charge in [0.2, 0.25) is 5.91 Å². The average Bonchev–Trinajstić information content (AvgIpc) is 2.35. The van der Waals surface area contributed by atoms with E-state index < -0.39 is 0 Å². The van der Waals surface area contributed by atoms with Gasteiger partial charge in [0.05, 0.1) is 6.61 Å². The minimum Gasteiger partial charge on any atom is -0.493 e. The van der Waals surface area contributed by atoms with E-state index in [-0.39, 0.29) is 11.9 Å². The summed E-state index contributed by atoms with van der Waals surface area (Å²) in [6.07, 6.45) is 1.16. The van der Waals surface area contributed by atoms with Crippen LogP contribution in [0.1, 0.15) is 31.4 Å². The van der Waals surface area contributed by atoms with Crippen LogP contribution >= 0.6 is 11.6 Å². The molecule has 4 nitrogen and oxygen atoms in total. The number of nitrogens with two attached hydrogens (primary N) is 1. The Morgan fingerprint density at radius 1 is 1.47 bits per heavy atom. The first-order valence-electron chi connectivity index (χ1n) is 6.29. The van der Waals surface area contributed by atoms with E-state index in [9.17, 15) is 4.79 Å². The van der Waals surface area contributed by atoms with Gasteiger partial charge in [0.25, 0.3) is 0 Å². The van der Waals surface area contributed by atoms with Crippen molar-refractivity contribution in [2.75, 3.05) is 20.7 Å². The second-order valence-corrected chi connectivity index (χ2v) is 5.15. The first-order valence-corrected chi connectivity index (χ1v) is 6.67. The molecule has 2 N–H and O–H groups in total. The highest BCUT2D eigenvalue weighted by atomic mass is 35.5. The van der Waals surface area contributed by atoms with Gasteiger partial charge in [-0.3, -0.25) is 4.79 Å². The monoisotopic (exact) mass is 284 g/mol. The Bertz CT molecular complexity index is 433. The molecule has 0 aliphatic heterocycles. The number of rotatable bonds is 6. The molecule has 0 aromatic heterocycles. The molecule has 1 unspecified atom stereocenters. The van der Waals surface area contributed by atoms with Crippen molar-refractivity contribution in [1.82, 2.24) is 4.90 Å². The van der Waals surface area contributed by atoms with Crippen molar-refractivity contribution in [2.24, 2.45) is 5.73 Å². The molecule has 1 amide bonds. The van der Waals surface area contributed by atoms with Crippen LogP contribution in [0.3, 0.4) is 0 Å². The van der Waals surface area contributed by atoms with Crippen molar-refractivity contribution in [3.05, 3.63) is 28.8 Å². The molecule has 1 atom stereocenters. The first-order chi connectivity index (χ1) is 8.91. The predicted molar refractivity (Wildman–Crippen MR) is 77.5 cm³/mol. The number of nitrogens with zero attached hydrogens (tertiary/aromatic N) is 1. The quantitative estimate of drug-likeness (QED) is 0.817. The van der Waals surface area contributed by atoms with Crippen molar-refractivity contribution < 1.29 is 9.53 Å². The van der Waals surface area contributed by atoms with E-state index in [2.05, 4.69) is 0 Å². The fraction of sp³-hybridized carbons (Fsp3) is 0.500. The number of carbonyl (C=O) groups excluding carboxylic acids is 1. The summed E-state index contributed by atoms with van der Waals surface area (Å²) in [4.78, 5) is 13.0. The molecular weight excluding hydrogens is 264 g/mol. The van der Waals surface area contributed by atoms with Gasteiger partial charge in [-0.15, -0.1) is 0 Å². The fourth-order valence-corrected chi connectivity index (χ4v) is 1.82. The molecule has 0 saturated heterocycles. The largest absolute Gasteiger partial charge is 0.493 e. The van der Waals surface area contributed by atoms with Crippen LogP contribution in [0.25, 0.3) is 0 Å². The first kappa shape index (κ1) is 15.8. The smallest absolute Gasteiger partial charge is 0.222 e. The standard InChI is InChI=1S/C14H21ClN2O2/c1-10(16)12-9-11(15)6-7-13(12)19-8-4-5-14(18)17(2)3/h6-7,9-10H,4-5,8,16H2,1-3H3. The van der Waals surface area contributed by atoms with Gasteiger partial charge in [0, 0.05) is 37.1 Å². The number of ether oxygens (including phenoxy) is 1. The van der Waals surface area contributed by atoms with Crippen molar-refractivity contribution in [3.63, 3.8) is 0 Å². The van der Waals surface area contributed by atoms with E-state index in [4.69, 9.17) is 22.1 Å². The number of amides is 1. The topological polar surface area (TPSA) is 55.6 Å². The van der Waals surface area contributed by atoms with E-state index in [0.717, 1.165) is 11.3 Å². The molecule has 0 fully saturated rings. The maximum absolute atomic E-state index is 11.4. The Morgan fingerprint density at radius 3 is 2.74 bits per heavy atom. The molecule has 0 aliphatic carbocycles. The average molecular weight is 285 g/mol. The molecule has 0 spiro atoms. The van der Waals surface area contributed by atoms with Crippen molar-refractivity contribution in [3.8, 4) is 5.75 Å². The van der Waals surface area contributed by atoms with Crippen LogP contribution in [0.4, 0.5) is 0 Å². The summed E-state index contributed by atoms with van der Waals surface area (Å²) in [5, 5.41) is 0.641. The SMILES string of the molecule is CC(N)c1cc(Cl)ccc1OCCCC(=O)N(C)C. The summed E-state index contributed by atoms with van der Waals surface area (Å²) in [6, 6.07) is 5.26. The molecule has 0 heterocycles. The number of carbonyl (C=O) groups is 1. The van der Waals surface area contributed by atoms with Crippen molar-refractivity contribution >= 4 is 17.5 Å². The third-order valence-electron chi connectivity index (χ3n) is 2.75. The van der Waals surface area contributed by atoms with E-state index in [1.165, 1.54) is 0 Å². The van der Waals surface area contributed by atoms with Crippen LogP contribution in [0.5, 0.6) is 5.75 Å². The van der Waals surface area contributed by atoms with Crippen LogP contribution in [-0.4, -0.2) is 31.5 Å². The minimum atomic E-state index is -0.142. The second-order valence-electron chi connectivity index (χ2n) is 4.71. The lowest BCUT2D eigenvalue weighted by Crippen LogP contribution is -2.21. The molecule has 5 heteroatoms. The zero-order chi connectivity index (χ0) is 14.4. The summed E-state index contributed by atoms with van der Waals surface area (Å²) < 4.78 is 5.67. The molecular formula is C14H21ClN2O2. The molecule has 0 aliphatic rings. The van der Waals surface area contributed by atoms with Crippen molar-refractivity contribution in [1.29, 1.82) is 0 Å². The van der Waals surface area contributed by atoms with Crippen LogP contribution < -0.4 is 10.5 Å². The zero-order valence-corrected chi connectivity index (χ0v) is 12.4. The molecule has 0 bridgehead atoms. The van der Waals surface area contributed by atoms with Crippen LogP contribution in [-0.2, 0) is 4.79 Å².